The molecule has 0 atom stereocenters. The zero-order chi connectivity index (χ0) is 17.9. The zero-order valence-electron chi connectivity index (χ0n) is 14.8. The molecule has 1 N–H and O–H groups in total. The highest BCUT2D eigenvalue weighted by Gasteiger charge is 2.29. The first-order valence-electron chi connectivity index (χ1n) is 8.67. The Morgan fingerprint density at radius 1 is 1.20 bits per heavy atom. The van der Waals surface area contributed by atoms with Crippen molar-refractivity contribution in [1.82, 2.24) is 10.2 Å². The molecule has 1 aromatic rings. The number of halogens is 1. The van der Waals surface area contributed by atoms with Crippen molar-refractivity contribution < 1.29 is 19.0 Å². The Hall–Kier alpha value is -1.50. The molecule has 1 saturated heterocycles. The van der Waals surface area contributed by atoms with Crippen LogP contribution in [0.3, 0.4) is 0 Å². The molecule has 1 amide bonds. The predicted molar refractivity (Wildman–Crippen MR) is 95.9 cm³/mol. The largest absolute Gasteiger partial charge is 0.489 e. The van der Waals surface area contributed by atoms with Gasteiger partial charge in [0.1, 0.15) is 0 Å². The number of carbonyl (C=O) groups is 1. The molecule has 25 heavy (non-hydrogen) atoms. The number of carbonyl (C=O) groups excluding carboxylic acids is 1. The summed E-state index contributed by atoms with van der Waals surface area (Å²) in [6, 6.07) is 3.33. The van der Waals surface area contributed by atoms with E-state index in [2.05, 4.69) is 24.1 Å². The molecule has 0 bridgehead atoms. The summed E-state index contributed by atoms with van der Waals surface area (Å²) in [5.74, 6) is 0.880. The second-order valence-corrected chi connectivity index (χ2v) is 7.34. The Labute approximate surface area is 153 Å². The number of benzene rings is 1. The van der Waals surface area contributed by atoms with E-state index in [-0.39, 0.29) is 11.4 Å². The van der Waals surface area contributed by atoms with Crippen LogP contribution in [0.5, 0.6) is 11.5 Å². The van der Waals surface area contributed by atoms with Gasteiger partial charge in [-0.1, -0.05) is 11.6 Å². The molecule has 2 aliphatic rings. The fourth-order valence-electron chi connectivity index (χ4n) is 3.04. The van der Waals surface area contributed by atoms with Gasteiger partial charge in [0.05, 0.1) is 31.5 Å². The first-order valence-corrected chi connectivity index (χ1v) is 9.05. The van der Waals surface area contributed by atoms with E-state index >= 15 is 0 Å². The molecule has 0 aliphatic carbocycles. The van der Waals surface area contributed by atoms with Crippen molar-refractivity contribution >= 4 is 17.5 Å². The fraction of sp³-hybridized carbons (Fsp3) is 0.611. The summed E-state index contributed by atoms with van der Waals surface area (Å²) in [5, 5.41) is 3.41. The molecule has 138 valence electrons. The van der Waals surface area contributed by atoms with Gasteiger partial charge in [0.25, 0.3) is 5.91 Å². The minimum atomic E-state index is -0.168. The highest BCUT2D eigenvalue weighted by molar-refractivity contribution is 6.32. The minimum absolute atomic E-state index is 0.144. The Morgan fingerprint density at radius 3 is 2.68 bits per heavy atom. The summed E-state index contributed by atoms with van der Waals surface area (Å²) in [6.45, 7) is 9.11. The number of nitrogens with one attached hydrogen (secondary N) is 1. The van der Waals surface area contributed by atoms with Crippen molar-refractivity contribution in [2.45, 2.75) is 25.8 Å². The molecule has 7 heteroatoms. The maximum absolute atomic E-state index is 12.6. The predicted octanol–water partition coefficient (Wildman–Crippen LogP) is 2.34. The lowest BCUT2D eigenvalue weighted by Gasteiger charge is -2.40. The number of fused-ring (bicyclic) bond motifs is 1. The van der Waals surface area contributed by atoms with E-state index in [4.69, 9.17) is 25.8 Å². The van der Waals surface area contributed by atoms with E-state index < -0.39 is 0 Å². The number of amides is 1. The van der Waals surface area contributed by atoms with Gasteiger partial charge >= 0.3 is 0 Å². The molecule has 0 saturated carbocycles. The Kier molecular flexibility index (Phi) is 5.71. The summed E-state index contributed by atoms with van der Waals surface area (Å²) >= 11 is 6.27. The number of hydrogen-bond acceptors (Lipinski definition) is 5. The van der Waals surface area contributed by atoms with Crippen LogP contribution in [0, 0.1) is 0 Å². The monoisotopic (exact) mass is 368 g/mol. The standard InChI is InChI=1S/C18H25ClN2O4/c1-18(2,21-4-8-23-9-5-21)12-20-17(22)13-10-14(19)16-15(11-13)24-6-3-7-25-16/h10-11H,3-9,12H2,1-2H3,(H,20,22). The summed E-state index contributed by atoms with van der Waals surface area (Å²) in [6.07, 6.45) is 0.792. The number of hydrogen-bond donors (Lipinski definition) is 1. The molecule has 2 aliphatic heterocycles. The second kappa shape index (κ2) is 7.81. The van der Waals surface area contributed by atoms with Crippen LogP contribution in [-0.2, 0) is 4.74 Å². The van der Waals surface area contributed by atoms with Crippen LogP contribution >= 0.6 is 11.6 Å². The van der Waals surface area contributed by atoms with E-state index in [1.54, 1.807) is 12.1 Å². The van der Waals surface area contributed by atoms with Gasteiger partial charge in [-0.2, -0.15) is 0 Å². The molecule has 1 fully saturated rings. The highest BCUT2D eigenvalue weighted by atomic mass is 35.5. The van der Waals surface area contributed by atoms with E-state index in [0.29, 0.717) is 41.8 Å². The van der Waals surface area contributed by atoms with Gasteiger partial charge in [0, 0.05) is 37.2 Å². The van der Waals surface area contributed by atoms with Crippen molar-refractivity contribution in [3.63, 3.8) is 0 Å². The number of nitrogens with zero attached hydrogens (tertiary/aromatic N) is 1. The molecule has 1 aromatic carbocycles. The zero-order valence-corrected chi connectivity index (χ0v) is 15.5. The average molecular weight is 369 g/mol. The third kappa shape index (κ3) is 4.37. The summed E-state index contributed by atoms with van der Waals surface area (Å²) < 4.78 is 16.6. The Bertz CT molecular complexity index is 630. The summed E-state index contributed by atoms with van der Waals surface area (Å²) in [4.78, 5) is 14.9. The van der Waals surface area contributed by atoms with E-state index in [1.807, 2.05) is 0 Å². The fourth-order valence-corrected chi connectivity index (χ4v) is 3.31. The highest BCUT2D eigenvalue weighted by Crippen LogP contribution is 2.38. The van der Waals surface area contributed by atoms with Crippen molar-refractivity contribution in [3.8, 4) is 11.5 Å². The molecule has 0 unspecified atom stereocenters. The number of morpholine rings is 1. The quantitative estimate of drug-likeness (QED) is 0.884. The lowest BCUT2D eigenvalue weighted by molar-refractivity contribution is -0.00923. The lowest BCUT2D eigenvalue weighted by Crippen LogP contribution is -2.55. The SMILES string of the molecule is CC(C)(CNC(=O)c1cc(Cl)c2c(c1)OCCCO2)N1CCOCC1. The van der Waals surface area contributed by atoms with Crippen LogP contribution in [0.25, 0.3) is 0 Å². The number of rotatable bonds is 4. The van der Waals surface area contributed by atoms with Crippen molar-refractivity contribution in [3.05, 3.63) is 22.7 Å². The van der Waals surface area contributed by atoms with Crippen molar-refractivity contribution in [2.24, 2.45) is 0 Å². The Balaban J connectivity index is 1.67. The van der Waals surface area contributed by atoms with Gasteiger partial charge in [-0.05, 0) is 26.0 Å². The van der Waals surface area contributed by atoms with Crippen molar-refractivity contribution in [2.75, 3.05) is 46.1 Å². The van der Waals surface area contributed by atoms with Gasteiger partial charge in [0.2, 0.25) is 0 Å². The van der Waals surface area contributed by atoms with Crippen LogP contribution in [0.15, 0.2) is 12.1 Å². The molecule has 0 radical (unpaired) electrons. The third-order valence-corrected chi connectivity index (χ3v) is 4.89. The van der Waals surface area contributed by atoms with E-state index in [1.165, 1.54) is 0 Å². The molecule has 2 heterocycles. The summed E-state index contributed by atoms with van der Waals surface area (Å²) in [5.41, 5.74) is 0.334. The van der Waals surface area contributed by atoms with Crippen LogP contribution in [0.4, 0.5) is 0 Å². The molecule has 3 rings (SSSR count). The van der Waals surface area contributed by atoms with Crippen LogP contribution in [0.2, 0.25) is 5.02 Å². The van der Waals surface area contributed by atoms with Crippen molar-refractivity contribution in [1.29, 1.82) is 0 Å². The van der Waals surface area contributed by atoms with Crippen LogP contribution < -0.4 is 14.8 Å². The molecule has 6 nitrogen and oxygen atoms in total. The van der Waals surface area contributed by atoms with E-state index in [0.717, 1.165) is 32.7 Å². The maximum Gasteiger partial charge on any atom is 0.251 e. The normalized spacial score (nSPS) is 18.5. The van der Waals surface area contributed by atoms with Gasteiger partial charge in [-0.25, -0.2) is 0 Å². The smallest absolute Gasteiger partial charge is 0.251 e. The Morgan fingerprint density at radius 2 is 1.92 bits per heavy atom. The lowest BCUT2D eigenvalue weighted by atomic mass is 10.0. The topological polar surface area (TPSA) is 60.0 Å². The molecular formula is C18H25ClN2O4. The summed E-state index contributed by atoms with van der Waals surface area (Å²) in [7, 11) is 0. The van der Waals surface area contributed by atoms with Crippen LogP contribution in [0.1, 0.15) is 30.6 Å². The van der Waals surface area contributed by atoms with Gasteiger partial charge in [-0.3, -0.25) is 9.69 Å². The molecular weight excluding hydrogens is 344 g/mol. The van der Waals surface area contributed by atoms with Crippen LogP contribution in [-0.4, -0.2) is 62.4 Å². The van der Waals surface area contributed by atoms with Gasteiger partial charge in [-0.15, -0.1) is 0 Å². The van der Waals surface area contributed by atoms with Gasteiger partial charge in [0.15, 0.2) is 11.5 Å². The number of ether oxygens (including phenoxy) is 3. The third-order valence-electron chi connectivity index (χ3n) is 4.61. The van der Waals surface area contributed by atoms with Gasteiger partial charge < -0.3 is 19.5 Å². The minimum Gasteiger partial charge on any atom is -0.489 e. The first-order chi connectivity index (χ1) is 12.0. The average Bonchev–Trinajstić information content (AvgIpc) is 2.86. The molecule has 0 aromatic heterocycles. The molecule has 0 spiro atoms. The first kappa shape index (κ1) is 18.3. The second-order valence-electron chi connectivity index (χ2n) is 6.93. The van der Waals surface area contributed by atoms with E-state index in [9.17, 15) is 4.79 Å². The maximum atomic E-state index is 12.6.